The van der Waals surface area contributed by atoms with Gasteiger partial charge in [0.15, 0.2) is 12.4 Å². The van der Waals surface area contributed by atoms with Crippen LogP contribution in [-0.4, -0.2) is 55.5 Å². The third kappa shape index (κ3) is 4.56. The Labute approximate surface area is 201 Å². The Kier molecular flexibility index (Phi) is 6.35. The third-order valence-electron chi connectivity index (χ3n) is 6.18. The number of nitrogens with zero attached hydrogens (tertiary/aromatic N) is 2. The van der Waals surface area contributed by atoms with Crippen LogP contribution in [0.5, 0.6) is 0 Å². The number of furan rings is 1. The van der Waals surface area contributed by atoms with Gasteiger partial charge in [0.25, 0.3) is 11.8 Å². The highest BCUT2D eigenvalue weighted by Crippen LogP contribution is 2.39. The van der Waals surface area contributed by atoms with Crippen molar-refractivity contribution >= 4 is 39.8 Å². The van der Waals surface area contributed by atoms with Crippen molar-refractivity contribution in [3.05, 3.63) is 70.5 Å². The SMILES string of the molecule is O=C(Nc1sc2c(c1C(=O)OCC(=O)N1CCN(c3ccccc3)CC1)CCC2)c1ccco1. The quantitative estimate of drug-likeness (QED) is 0.544. The molecule has 34 heavy (non-hydrogen) atoms. The fourth-order valence-electron chi connectivity index (χ4n) is 4.42. The summed E-state index contributed by atoms with van der Waals surface area (Å²) in [4.78, 5) is 43.2. The summed E-state index contributed by atoms with van der Waals surface area (Å²) in [5.41, 5.74) is 2.41. The summed E-state index contributed by atoms with van der Waals surface area (Å²) in [5, 5.41) is 3.22. The number of para-hydroxylation sites is 1. The number of piperazine rings is 1. The molecular formula is C25H25N3O5S. The van der Waals surface area contributed by atoms with Crippen molar-refractivity contribution < 1.29 is 23.5 Å². The lowest BCUT2D eigenvalue weighted by Gasteiger charge is -2.36. The number of carbonyl (C=O) groups excluding carboxylic acids is 3. The predicted octanol–water partition coefficient (Wildman–Crippen LogP) is 3.59. The van der Waals surface area contributed by atoms with Crippen LogP contribution >= 0.6 is 11.3 Å². The van der Waals surface area contributed by atoms with E-state index in [0.717, 1.165) is 48.5 Å². The maximum Gasteiger partial charge on any atom is 0.341 e. The summed E-state index contributed by atoms with van der Waals surface area (Å²) in [5.74, 6) is -1.05. The molecule has 1 aromatic carbocycles. The summed E-state index contributed by atoms with van der Waals surface area (Å²) in [6.07, 6.45) is 3.99. The minimum Gasteiger partial charge on any atom is -0.459 e. The topological polar surface area (TPSA) is 92.1 Å². The number of esters is 1. The summed E-state index contributed by atoms with van der Waals surface area (Å²) in [6.45, 7) is 2.28. The smallest absolute Gasteiger partial charge is 0.341 e. The zero-order chi connectivity index (χ0) is 23.5. The first kappa shape index (κ1) is 22.2. The number of rotatable bonds is 6. The average Bonchev–Trinajstić information content (AvgIpc) is 3.61. The molecule has 0 bridgehead atoms. The Morgan fingerprint density at radius 2 is 1.79 bits per heavy atom. The van der Waals surface area contributed by atoms with E-state index in [1.165, 1.54) is 17.6 Å². The molecule has 1 N–H and O–H groups in total. The van der Waals surface area contributed by atoms with E-state index in [9.17, 15) is 14.4 Å². The standard InChI is InChI=1S/C25H25N3O5S/c29-21(28-13-11-27(12-14-28)17-6-2-1-3-7-17)16-33-25(31)22-18-8-4-10-20(18)34-24(22)26-23(30)19-9-5-15-32-19/h1-3,5-7,9,15H,4,8,10-14,16H2,(H,26,30). The number of carbonyl (C=O) groups is 3. The Morgan fingerprint density at radius 1 is 1.00 bits per heavy atom. The summed E-state index contributed by atoms with van der Waals surface area (Å²) < 4.78 is 10.6. The molecule has 9 heteroatoms. The van der Waals surface area contributed by atoms with Gasteiger partial charge in [-0.1, -0.05) is 18.2 Å². The van der Waals surface area contributed by atoms with Crippen LogP contribution in [0.25, 0.3) is 0 Å². The molecule has 0 spiro atoms. The van der Waals surface area contributed by atoms with Gasteiger partial charge in [0, 0.05) is 36.7 Å². The molecule has 1 aliphatic carbocycles. The number of hydrogen-bond acceptors (Lipinski definition) is 7. The number of anilines is 2. The van der Waals surface area contributed by atoms with E-state index in [-0.39, 0.29) is 18.3 Å². The Hall–Kier alpha value is -3.59. The molecule has 0 radical (unpaired) electrons. The molecule has 1 fully saturated rings. The van der Waals surface area contributed by atoms with Crippen LogP contribution in [0.2, 0.25) is 0 Å². The molecule has 8 nitrogen and oxygen atoms in total. The van der Waals surface area contributed by atoms with Gasteiger partial charge in [-0.2, -0.15) is 0 Å². The molecule has 2 aliphatic rings. The Morgan fingerprint density at radius 3 is 2.53 bits per heavy atom. The second kappa shape index (κ2) is 9.72. The number of ether oxygens (including phenoxy) is 1. The fourth-order valence-corrected chi connectivity index (χ4v) is 5.70. The lowest BCUT2D eigenvalue weighted by atomic mass is 10.1. The first-order chi connectivity index (χ1) is 16.6. The first-order valence-corrected chi connectivity index (χ1v) is 12.2. The van der Waals surface area contributed by atoms with E-state index in [1.54, 1.807) is 17.0 Å². The highest BCUT2D eigenvalue weighted by Gasteiger charge is 2.30. The molecule has 1 aliphatic heterocycles. The van der Waals surface area contributed by atoms with E-state index in [2.05, 4.69) is 22.3 Å². The highest BCUT2D eigenvalue weighted by molar-refractivity contribution is 7.17. The molecule has 2 aromatic heterocycles. The van der Waals surface area contributed by atoms with Crippen molar-refractivity contribution in [2.24, 2.45) is 0 Å². The van der Waals surface area contributed by atoms with Crippen LogP contribution in [0.15, 0.2) is 53.1 Å². The van der Waals surface area contributed by atoms with Gasteiger partial charge in [0.05, 0.1) is 11.8 Å². The molecule has 3 heterocycles. The largest absolute Gasteiger partial charge is 0.459 e. The maximum absolute atomic E-state index is 13.0. The van der Waals surface area contributed by atoms with Gasteiger partial charge in [-0.15, -0.1) is 11.3 Å². The average molecular weight is 480 g/mol. The van der Waals surface area contributed by atoms with Crippen LogP contribution in [-0.2, 0) is 22.4 Å². The second-order valence-electron chi connectivity index (χ2n) is 8.27. The minimum atomic E-state index is -0.578. The van der Waals surface area contributed by atoms with Crippen LogP contribution in [0.4, 0.5) is 10.7 Å². The van der Waals surface area contributed by atoms with E-state index >= 15 is 0 Å². The van der Waals surface area contributed by atoms with Crippen LogP contribution < -0.4 is 10.2 Å². The van der Waals surface area contributed by atoms with Crippen molar-refractivity contribution in [1.29, 1.82) is 0 Å². The van der Waals surface area contributed by atoms with Crippen molar-refractivity contribution in [3.8, 4) is 0 Å². The molecule has 0 unspecified atom stereocenters. The molecule has 176 valence electrons. The van der Waals surface area contributed by atoms with Crippen molar-refractivity contribution in [2.45, 2.75) is 19.3 Å². The van der Waals surface area contributed by atoms with E-state index in [0.29, 0.717) is 23.7 Å². The normalized spacial score (nSPS) is 15.2. The maximum atomic E-state index is 13.0. The molecule has 1 saturated heterocycles. The van der Waals surface area contributed by atoms with Gasteiger partial charge < -0.3 is 24.3 Å². The lowest BCUT2D eigenvalue weighted by Crippen LogP contribution is -2.49. The van der Waals surface area contributed by atoms with Crippen LogP contribution in [0, 0.1) is 0 Å². The lowest BCUT2D eigenvalue weighted by molar-refractivity contribution is -0.134. The van der Waals surface area contributed by atoms with Crippen molar-refractivity contribution in [3.63, 3.8) is 0 Å². The number of benzene rings is 1. The fraction of sp³-hybridized carbons (Fsp3) is 0.320. The third-order valence-corrected chi connectivity index (χ3v) is 7.39. The number of amides is 2. The van der Waals surface area contributed by atoms with Gasteiger partial charge in [0.1, 0.15) is 5.00 Å². The summed E-state index contributed by atoms with van der Waals surface area (Å²) in [7, 11) is 0. The number of fused-ring (bicyclic) bond motifs is 1. The second-order valence-corrected chi connectivity index (χ2v) is 9.38. The molecular weight excluding hydrogens is 454 g/mol. The minimum absolute atomic E-state index is 0.165. The van der Waals surface area contributed by atoms with E-state index < -0.39 is 11.9 Å². The molecule has 0 atom stereocenters. The highest BCUT2D eigenvalue weighted by atomic mass is 32.1. The van der Waals surface area contributed by atoms with Gasteiger partial charge in [-0.25, -0.2) is 4.79 Å². The number of thiophene rings is 1. The number of nitrogens with one attached hydrogen (secondary N) is 1. The molecule has 5 rings (SSSR count). The van der Waals surface area contributed by atoms with E-state index in [1.807, 2.05) is 18.2 Å². The monoisotopic (exact) mass is 479 g/mol. The zero-order valence-electron chi connectivity index (χ0n) is 18.6. The first-order valence-electron chi connectivity index (χ1n) is 11.3. The predicted molar refractivity (Wildman–Crippen MR) is 129 cm³/mol. The van der Waals surface area contributed by atoms with Crippen molar-refractivity contribution in [1.82, 2.24) is 4.90 Å². The number of hydrogen-bond donors (Lipinski definition) is 1. The van der Waals surface area contributed by atoms with Gasteiger partial charge in [0.2, 0.25) is 0 Å². The van der Waals surface area contributed by atoms with E-state index in [4.69, 9.17) is 9.15 Å². The van der Waals surface area contributed by atoms with Crippen LogP contribution in [0.1, 0.15) is 37.8 Å². The van der Waals surface area contributed by atoms with Gasteiger partial charge >= 0.3 is 5.97 Å². The van der Waals surface area contributed by atoms with Gasteiger partial charge in [-0.3, -0.25) is 9.59 Å². The molecule has 2 amide bonds. The van der Waals surface area contributed by atoms with Gasteiger partial charge in [-0.05, 0) is 49.1 Å². The Balaban J connectivity index is 1.20. The van der Waals surface area contributed by atoms with Crippen molar-refractivity contribution in [2.75, 3.05) is 43.0 Å². The summed E-state index contributed by atoms with van der Waals surface area (Å²) >= 11 is 1.39. The summed E-state index contributed by atoms with van der Waals surface area (Å²) in [6, 6.07) is 13.3. The van der Waals surface area contributed by atoms with Crippen LogP contribution in [0.3, 0.4) is 0 Å². The molecule has 0 saturated carbocycles. The zero-order valence-corrected chi connectivity index (χ0v) is 19.4. The Bertz CT molecular complexity index is 1180. The number of aryl methyl sites for hydroxylation is 1. The molecule has 3 aromatic rings.